The molecule has 1 aromatic carbocycles. The molecule has 126 valence electrons. The van der Waals surface area contributed by atoms with E-state index in [1.807, 2.05) is 6.07 Å². The molecule has 0 aliphatic heterocycles. The van der Waals surface area contributed by atoms with Crippen molar-refractivity contribution in [2.24, 2.45) is 0 Å². The van der Waals surface area contributed by atoms with Gasteiger partial charge in [0.25, 0.3) is 0 Å². The van der Waals surface area contributed by atoms with Crippen LogP contribution in [0, 0.1) is 0 Å². The number of hydrogen-bond donors (Lipinski definition) is 2. The molecule has 0 spiro atoms. The molecule has 0 unspecified atom stereocenters. The number of aromatic nitrogens is 2. The number of likely N-dealkylation sites (N-methyl/N-ethyl adjacent to an activating group) is 1. The van der Waals surface area contributed by atoms with E-state index in [-0.39, 0.29) is 11.2 Å². The van der Waals surface area contributed by atoms with Crippen molar-refractivity contribution in [3.05, 3.63) is 54.0 Å². The highest BCUT2D eigenvalue weighted by atomic mass is 16.4. The lowest BCUT2D eigenvalue weighted by Crippen LogP contribution is -2.56. The molecule has 2 aromatic rings. The Morgan fingerprint density at radius 2 is 2.00 bits per heavy atom. The molecule has 1 aliphatic carbocycles. The molecule has 1 saturated carbocycles. The van der Waals surface area contributed by atoms with Crippen LogP contribution < -0.4 is 5.32 Å². The smallest absolute Gasteiger partial charge is 0.356 e. The van der Waals surface area contributed by atoms with Gasteiger partial charge in [-0.25, -0.2) is 14.8 Å². The SMILES string of the molecule is CN(Cc1ccccc1)C1(CNc2cnc(C(=O)O)cn2)CCC1. The molecule has 1 heterocycles. The summed E-state index contributed by atoms with van der Waals surface area (Å²) < 4.78 is 0. The second kappa shape index (κ2) is 6.97. The highest BCUT2D eigenvalue weighted by molar-refractivity contribution is 5.84. The van der Waals surface area contributed by atoms with Crippen LogP contribution in [0.2, 0.25) is 0 Å². The molecular formula is C18H22N4O2. The van der Waals surface area contributed by atoms with Gasteiger partial charge < -0.3 is 10.4 Å². The van der Waals surface area contributed by atoms with Crippen molar-refractivity contribution in [2.45, 2.75) is 31.3 Å². The zero-order valence-electron chi connectivity index (χ0n) is 13.8. The molecule has 6 heteroatoms. The van der Waals surface area contributed by atoms with Crippen LogP contribution in [0.3, 0.4) is 0 Å². The third kappa shape index (κ3) is 3.54. The number of rotatable bonds is 7. The van der Waals surface area contributed by atoms with Gasteiger partial charge in [0.2, 0.25) is 0 Å². The Bertz CT molecular complexity index is 684. The molecule has 2 N–H and O–H groups in total. The lowest BCUT2D eigenvalue weighted by atomic mass is 9.75. The Kier molecular flexibility index (Phi) is 4.76. The van der Waals surface area contributed by atoms with Crippen LogP contribution >= 0.6 is 0 Å². The molecule has 1 aliphatic rings. The van der Waals surface area contributed by atoms with E-state index in [1.54, 1.807) is 0 Å². The zero-order chi connectivity index (χ0) is 17.0. The van der Waals surface area contributed by atoms with Crippen LogP contribution in [0.25, 0.3) is 0 Å². The Balaban J connectivity index is 1.62. The zero-order valence-corrected chi connectivity index (χ0v) is 13.8. The van der Waals surface area contributed by atoms with E-state index in [9.17, 15) is 4.79 Å². The molecule has 0 bridgehead atoms. The summed E-state index contributed by atoms with van der Waals surface area (Å²) in [4.78, 5) is 21.2. The average molecular weight is 326 g/mol. The quantitative estimate of drug-likeness (QED) is 0.814. The van der Waals surface area contributed by atoms with E-state index in [1.165, 1.54) is 24.4 Å². The standard InChI is InChI=1S/C18H22N4O2/c1-22(12-14-6-3-2-4-7-14)18(8-5-9-18)13-21-16-11-19-15(10-20-16)17(23)24/h2-4,6-7,10-11H,5,8-9,12-13H2,1H3,(H,20,21)(H,23,24). The monoisotopic (exact) mass is 326 g/mol. The van der Waals surface area contributed by atoms with Crippen molar-refractivity contribution in [1.82, 2.24) is 14.9 Å². The van der Waals surface area contributed by atoms with E-state index >= 15 is 0 Å². The normalized spacial score (nSPS) is 15.8. The first kappa shape index (κ1) is 16.4. The van der Waals surface area contributed by atoms with Crippen LogP contribution in [0.4, 0.5) is 5.82 Å². The van der Waals surface area contributed by atoms with Crippen molar-refractivity contribution < 1.29 is 9.90 Å². The molecule has 1 fully saturated rings. The number of benzene rings is 1. The number of nitrogens with one attached hydrogen (secondary N) is 1. The Hall–Kier alpha value is -2.47. The minimum atomic E-state index is -1.06. The van der Waals surface area contributed by atoms with Crippen LogP contribution in [0.1, 0.15) is 35.3 Å². The van der Waals surface area contributed by atoms with E-state index in [0.29, 0.717) is 5.82 Å². The topological polar surface area (TPSA) is 78.4 Å². The second-order valence-corrected chi connectivity index (χ2v) is 6.37. The molecule has 24 heavy (non-hydrogen) atoms. The van der Waals surface area contributed by atoms with Crippen LogP contribution in [-0.2, 0) is 6.54 Å². The maximum atomic E-state index is 10.8. The number of anilines is 1. The van der Waals surface area contributed by atoms with Crippen molar-refractivity contribution in [1.29, 1.82) is 0 Å². The minimum absolute atomic E-state index is 0.0416. The van der Waals surface area contributed by atoms with Crippen molar-refractivity contribution in [2.75, 3.05) is 18.9 Å². The first-order valence-electron chi connectivity index (χ1n) is 8.13. The van der Waals surface area contributed by atoms with E-state index < -0.39 is 5.97 Å². The van der Waals surface area contributed by atoms with Crippen molar-refractivity contribution in [3.8, 4) is 0 Å². The predicted octanol–water partition coefficient (Wildman–Crippen LogP) is 2.64. The largest absolute Gasteiger partial charge is 0.476 e. The van der Waals surface area contributed by atoms with Gasteiger partial charge in [0.15, 0.2) is 5.69 Å². The molecule has 0 atom stereocenters. The minimum Gasteiger partial charge on any atom is -0.476 e. The van der Waals surface area contributed by atoms with Gasteiger partial charge >= 0.3 is 5.97 Å². The summed E-state index contributed by atoms with van der Waals surface area (Å²) >= 11 is 0. The highest BCUT2D eigenvalue weighted by Crippen LogP contribution is 2.37. The highest BCUT2D eigenvalue weighted by Gasteiger charge is 2.40. The molecule has 3 rings (SSSR count). The molecule has 0 radical (unpaired) electrons. The number of aromatic carboxylic acids is 1. The lowest BCUT2D eigenvalue weighted by molar-refractivity contribution is 0.0437. The molecule has 0 saturated heterocycles. The van der Waals surface area contributed by atoms with Crippen molar-refractivity contribution in [3.63, 3.8) is 0 Å². The fourth-order valence-corrected chi connectivity index (χ4v) is 3.09. The van der Waals surface area contributed by atoms with Gasteiger partial charge in [-0.05, 0) is 31.9 Å². The molecule has 1 aromatic heterocycles. The van der Waals surface area contributed by atoms with Gasteiger partial charge in [0.1, 0.15) is 5.82 Å². The first-order chi connectivity index (χ1) is 11.6. The summed E-state index contributed by atoms with van der Waals surface area (Å²) in [6, 6.07) is 10.4. The number of hydrogen-bond acceptors (Lipinski definition) is 5. The summed E-state index contributed by atoms with van der Waals surface area (Å²) in [7, 11) is 2.16. The average Bonchev–Trinajstić information content (AvgIpc) is 2.55. The van der Waals surface area contributed by atoms with Gasteiger partial charge in [0, 0.05) is 18.6 Å². The first-order valence-corrected chi connectivity index (χ1v) is 8.13. The van der Waals surface area contributed by atoms with Gasteiger partial charge in [-0.3, -0.25) is 4.90 Å². The Morgan fingerprint density at radius 3 is 2.54 bits per heavy atom. The van der Waals surface area contributed by atoms with Gasteiger partial charge in [-0.2, -0.15) is 0 Å². The number of nitrogens with zero attached hydrogens (tertiary/aromatic N) is 3. The Labute approximate surface area is 141 Å². The third-order valence-corrected chi connectivity index (χ3v) is 4.83. The van der Waals surface area contributed by atoms with E-state index in [2.05, 4.69) is 51.5 Å². The summed E-state index contributed by atoms with van der Waals surface area (Å²) in [5, 5.41) is 12.2. The van der Waals surface area contributed by atoms with Crippen LogP contribution in [-0.4, -0.2) is 45.1 Å². The fraction of sp³-hybridized carbons (Fsp3) is 0.389. The maximum Gasteiger partial charge on any atom is 0.356 e. The van der Waals surface area contributed by atoms with Crippen LogP contribution in [0.5, 0.6) is 0 Å². The third-order valence-electron chi connectivity index (χ3n) is 4.83. The molecular weight excluding hydrogens is 304 g/mol. The van der Waals surface area contributed by atoms with E-state index in [0.717, 1.165) is 25.9 Å². The second-order valence-electron chi connectivity index (χ2n) is 6.37. The molecule has 0 amide bonds. The fourth-order valence-electron chi connectivity index (χ4n) is 3.09. The maximum absolute atomic E-state index is 10.8. The Morgan fingerprint density at radius 1 is 1.25 bits per heavy atom. The van der Waals surface area contributed by atoms with Crippen molar-refractivity contribution >= 4 is 11.8 Å². The summed E-state index contributed by atoms with van der Waals surface area (Å²) in [6.07, 6.45) is 6.27. The van der Waals surface area contributed by atoms with Gasteiger partial charge in [-0.15, -0.1) is 0 Å². The van der Waals surface area contributed by atoms with Crippen LogP contribution in [0.15, 0.2) is 42.7 Å². The number of carbonyl (C=O) groups is 1. The summed E-state index contributed by atoms with van der Waals surface area (Å²) in [6.45, 7) is 1.68. The predicted molar refractivity (Wildman–Crippen MR) is 92.0 cm³/mol. The van der Waals surface area contributed by atoms with E-state index in [4.69, 9.17) is 5.11 Å². The van der Waals surface area contributed by atoms with Gasteiger partial charge in [0.05, 0.1) is 12.4 Å². The number of carboxylic acid groups (broad SMARTS) is 1. The molecule has 6 nitrogen and oxygen atoms in total. The lowest BCUT2D eigenvalue weighted by Gasteiger charge is -2.49. The summed E-state index contributed by atoms with van der Waals surface area (Å²) in [5.41, 5.74) is 1.38. The summed E-state index contributed by atoms with van der Waals surface area (Å²) in [5.74, 6) is -0.452. The van der Waals surface area contributed by atoms with Gasteiger partial charge in [-0.1, -0.05) is 30.3 Å². The number of carboxylic acids is 1.